The molecule has 1 unspecified atom stereocenters. The van der Waals surface area contributed by atoms with Gasteiger partial charge in [0.05, 0.1) is 25.9 Å². The van der Waals surface area contributed by atoms with Gasteiger partial charge >= 0.3 is 6.03 Å². The molecule has 0 spiro atoms. The molecular weight excluding hydrogens is 407 g/mol. The summed E-state index contributed by atoms with van der Waals surface area (Å²) in [6.45, 7) is 1.91. The fraction of sp³-hybridized carbons (Fsp3) is 0.235. The van der Waals surface area contributed by atoms with Gasteiger partial charge in [-0.2, -0.15) is 0 Å². The topological polar surface area (TPSA) is 59.6 Å². The van der Waals surface area contributed by atoms with Gasteiger partial charge < -0.3 is 20.1 Å². The van der Waals surface area contributed by atoms with E-state index >= 15 is 0 Å². The average Bonchev–Trinajstić information content (AvgIpc) is 2.56. The van der Waals surface area contributed by atoms with Crippen LogP contribution >= 0.6 is 22.6 Å². The Morgan fingerprint density at radius 3 is 2.43 bits per heavy atom. The first kappa shape index (κ1) is 17.4. The van der Waals surface area contributed by atoms with Crippen LogP contribution in [0.1, 0.15) is 18.5 Å². The molecule has 2 amide bonds. The van der Waals surface area contributed by atoms with Crippen LogP contribution < -0.4 is 20.1 Å². The van der Waals surface area contributed by atoms with Crippen molar-refractivity contribution in [3.8, 4) is 11.5 Å². The molecule has 2 aromatic carbocycles. The summed E-state index contributed by atoms with van der Waals surface area (Å²) in [5.74, 6) is 1.29. The number of amides is 2. The monoisotopic (exact) mass is 426 g/mol. The summed E-state index contributed by atoms with van der Waals surface area (Å²) in [6.07, 6.45) is 0. The summed E-state index contributed by atoms with van der Waals surface area (Å²) in [7, 11) is 3.18. The van der Waals surface area contributed by atoms with Crippen LogP contribution in [0.25, 0.3) is 0 Å². The number of carbonyl (C=O) groups excluding carboxylic acids is 1. The zero-order valence-corrected chi connectivity index (χ0v) is 15.4. The summed E-state index contributed by atoms with van der Waals surface area (Å²) in [4.78, 5) is 12.1. The number of halogens is 1. The molecule has 5 nitrogen and oxygen atoms in total. The lowest BCUT2D eigenvalue weighted by Crippen LogP contribution is -2.31. The van der Waals surface area contributed by atoms with Gasteiger partial charge in [0, 0.05) is 3.57 Å². The minimum atomic E-state index is -0.253. The molecule has 0 radical (unpaired) electrons. The van der Waals surface area contributed by atoms with Crippen LogP contribution in [0.3, 0.4) is 0 Å². The zero-order valence-electron chi connectivity index (χ0n) is 13.2. The molecule has 0 aromatic heterocycles. The Labute approximate surface area is 149 Å². The van der Waals surface area contributed by atoms with Gasteiger partial charge in [0.1, 0.15) is 0 Å². The molecule has 6 heteroatoms. The molecular formula is C17H19IN2O3. The number of carbonyl (C=O) groups is 1. The van der Waals surface area contributed by atoms with Crippen LogP contribution in [0, 0.1) is 3.57 Å². The highest BCUT2D eigenvalue weighted by atomic mass is 127. The van der Waals surface area contributed by atoms with E-state index in [0.717, 1.165) is 14.8 Å². The molecule has 0 bridgehead atoms. The van der Waals surface area contributed by atoms with E-state index in [0.29, 0.717) is 11.5 Å². The Kier molecular flexibility index (Phi) is 6.09. The van der Waals surface area contributed by atoms with Crippen molar-refractivity contribution in [2.75, 3.05) is 19.5 Å². The van der Waals surface area contributed by atoms with E-state index in [2.05, 4.69) is 33.2 Å². The van der Waals surface area contributed by atoms with Gasteiger partial charge in [-0.15, -0.1) is 0 Å². The van der Waals surface area contributed by atoms with Crippen molar-refractivity contribution in [3.05, 3.63) is 51.6 Å². The highest BCUT2D eigenvalue weighted by Crippen LogP contribution is 2.29. The summed E-state index contributed by atoms with van der Waals surface area (Å²) in [5.41, 5.74) is 1.71. The smallest absolute Gasteiger partial charge is 0.319 e. The molecule has 0 saturated carbocycles. The second-order valence-corrected chi connectivity index (χ2v) is 6.08. The molecule has 2 N–H and O–H groups in total. The van der Waals surface area contributed by atoms with Crippen LogP contribution in [0.5, 0.6) is 11.5 Å². The second kappa shape index (κ2) is 8.05. The average molecular weight is 426 g/mol. The molecule has 0 saturated heterocycles. The molecule has 0 fully saturated rings. The van der Waals surface area contributed by atoms with E-state index in [1.807, 2.05) is 49.4 Å². The van der Waals surface area contributed by atoms with E-state index in [1.165, 1.54) is 0 Å². The Bertz CT molecular complexity index is 691. The highest BCUT2D eigenvalue weighted by Gasteiger charge is 2.13. The van der Waals surface area contributed by atoms with Crippen LogP contribution in [0.15, 0.2) is 42.5 Å². The first-order valence-electron chi connectivity index (χ1n) is 7.09. The number of para-hydroxylation sites is 1. The minimum absolute atomic E-state index is 0.170. The maximum atomic E-state index is 12.1. The van der Waals surface area contributed by atoms with Crippen LogP contribution in [0.2, 0.25) is 0 Å². The Balaban J connectivity index is 2.05. The molecule has 23 heavy (non-hydrogen) atoms. The molecule has 0 aliphatic carbocycles. The van der Waals surface area contributed by atoms with Gasteiger partial charge in [-0.25, -0.2) is 4.79 Å². The maximum Gasteiger partial charge on any atom is 0.319 e. The molecule has 2 rings (SSSR count). The van der Waals surface area contributed by atoms with Crippen LogP contribution in [-0.4, -0.2) is 20.3 Å². The maximum absolute atomic E-state index is 12.1. The summed E-state index contributed by atoms with van der Waals surface area (Å²) < 4.78 is 11.5. The summed E-state index contributed by atoms with van der Waals surface area (Å²) in [6, 6.07) is 12.8. The van der Waals surface area contributed by atoms with Crippen molar-refractivity contribution in [1.29, 1.82) is 0 Å². The molecule has 0 heterocycles. The molecule has 122 valence electrons. The lowest BCUT2D eigenvalue weighted by Gasteiger charge is -2.17. The SMILES string of the molecule is COc1ccc(C(C)NC(=O)Nc2ccccc2I)cc1OC. The number of anilines is 1. The number of ether oxygens (including phenoxy) is 2. The van der Waals surface area contributed by atoms with Gasteiger partial charge in [-0.1, -0.05) is 18.2 Å². The van der Waals surface area contributed by atoms with E-state index in [1.54, 1.807) is 14.2 Å². The minimum Gasteiger partial charge on any atom is -0.493 e. The van der Waals surface area contributed by atoms with Crippen LogP contribution in [-0.2, 0) is 0 Å². The fourth-order valence-electron chi connectivity index (χ4n) is 2.12. The molecule has 0 aliphatic heterocycles. The van der Waals surface area contributed by atoms with Gasteiger partial charge in [0.15, 0.2) is 11.5 Å². The standard InChI is InChI=1S/C17H19IN2O3/c1-11(12-8-9-15(22-2)16(10-12)23-3)19-17(21)20-14-7-5-4-6-13(14)18/h4-11H,1-3H3,(H2,19,20,21). The van der Waals surface area contributed by atoms with Crippen molar-refractivity contribution in [3.63, 3.8) is 0 Å². The number of hydrogen-bond acceptors (Lipinski definition) is 3. The van der Waals surface area contributed by atoms with Crippen LogP contribution in [0.4, 0.5) is 10.5 Å². The highest BCUT2D eigenvalue weighted by molar-refractivity contribution is 14.1. The first-order valence-corrected chi connectivity index (χ1v) is 8.17. The van der Waals surface area contributed by atoms with Gasteiger partial charge in [-0.3, -0.25) is 0 Å². The Morgan fingerprint density at radius 1 is 1.09 bits per heavy atom. The van der Waals surface area contributed by atoms with Gasteiger partial charge in [0.25, 0.3) is 0 Å². The van der Waals surface area contributed by atoms with Crippen molar-refractivity contribution < 1.29 is 14.3 Å². The van der Waals surface area contributed by atoms with Crippen molar-refractivity contribution >= 4 is 34.3 Å². The molecule has 0 aliphatic rings. The van der Waals surface area contributed by atoms with E-state index in [9.17, 15) is 4.79 Å². The quantitative estimate of drug-likeness (QED) is 0.705. The molecule has 1 atom stereocenters. The first-order chi connectivity index (χ1) is 11.0. The van der Waals surface area contributed by atoms with Crippen molar-refractivity contribution in [1.82, 2.24) is 5.32 Å². The predicted octanol–water partition coefficient (Wildman–Crippen LogP) is 4.19. The number of benzene rings is 2. The number of urea groups is 1. The summed E-state index contributed by atoms with van der Waals surface area (Å²) >= 11 is 2.18. The summed E-state index contributed by atoms with van der Waals surface area (Å²) in [5, 5.41) is 5.76. The number of nitrogens with one attached hydrogen (secondary N) is 2. The molecule has 2 aromatic rings. The largest absolute Gasteiger partial charge is 0.493 e. The fourth-order valence-corrected chi connectivity index (χ4v) is 2.65. The number of rotatable bonds is 5. The normalized spacial score (nSPS) is 11.5. The van der Waals surface area contributed by atoms with Crippen molar-refractivity contribution in [2.45, 2.75) is 13.0 Å². The second-order valence-electron chi connectivity index (χ2n) is 4.91. The van der Waals surface area contributed by atoms with Gasteiger partial charge in [-0.05, 0) is 59.3 Å². The Morgan fingerprint density at radius 2 is 1.78 bits per heavy atom. The van der Waals surface area contributed by atoms with Crippen molar-refractivity contribution in [2.24, 2.45) is 0 Å². The lowest BCUT2D eigenvalue weighted by atomic mass is 10.1. The van der Waals surface area contributed by atoms with E-state index in [-0.39, 0.29) is 12.1 Å². The number of hydrogen-bond donors (Lipinski definition) is 2. The third-order valence-corrected chi connectivity index (χ3v) is 4.32. The van der Waals surface area contributed by atoms with E-state index in [4.69, 9.17) is 9.47 Å². The van der Waals surface area contributed by atoms with E-state index < -0.39 is 0 Å². The third-order valence-electron chi connectivity index (χ3n) is 3.38. The lowest BCUT2D eigenvalue weighted by molar-refractivity contribution is 0.249. The third kappa shape index (κ3) is 4.51. The zero-order chi connectivity index (χ0) is 16.8. The van der Waals surface area contributed by atoms with Gasteiger partial charge in [0.2, 0.25) is 0 Å². The Hall–Kier alpha value is -1.96. The predicted molar refractivity (Wildman–Crippen MR) is 99.3 cm³/mol. The number of methoxy groups -OCH3 is 2.